The third-order valence-electron chi connectivity index (χ3n) is 4.55. The number of nitrogens with zero attached hydrogens (tertiary/aromatic N) is 4. The number of anilines is 1. The fraction of sp³-hybridized carbons (Fsp3) is 0.444. The van der Waals surface area contributed by atoms with Crippen molar-refractivity contribution in [2.75, 3.05) is 31.6 Å². The fourth-order valence-corrected chi connectivity index (χ4v) is 3.19. The molecule has 0 unspecified atom stereocenters. The maximum atomic E-state index is 10.4. The summed E-state index contributed by atoms with van der Waals surface area (Å²) in [5, 5.41) is 18.6. The smallest absolute Gasteiger partial charge is 0.151 e. The first-order valence-electron chi connectivity index (χ1n) is 8.20. The van der Waals surface area contributed by atoms with Crippen LogP contribution >= 0.6 is 0 Å². The lowest BCUT2D eigenvalue weighted by Gasteiger charge is -2.38. The van der Waals surface area contributed by atoms with Gasteiger partial charge < -0.3 is 10.0 Å². The molecule has 1 N–H and O–H groups in total. The van der Waals surface area contributed by atoms with Crippen LogP contribution in [0.25, 0.3) is 0 Å². The number of likely N-dealkylation sites (N-methyl/N-ethyl adjacent to an activating group) is 1. The molecular weight excluding hydrogens is 288 g/mol. The van der Waals surface area contributed by atoms with Crippen molar-refractivity contribution in [3.63, 3.8) is 0 Å². The Morgan fingerprint density at radius 1 is 1.26 bits per heavy atom. The van der Waals surface area contributed by atoms with E-state index in [0.717, 1.165) is 37.3 Å². The van der Waals surface area contributed by atoms with Crippen LogP contribution in [-0.2, 0) is 0 Å². The molecule has 2 aromatic rings. The monoisotopic (exact) mass is 312 g/mol. The molecule has 23 heavy (non-hydrogen) atoms. The number of hydrogen-bond donors (Lipinski definition) is 1. The summed E-state index contributed by atoms with van der Waals surface area (Å²) in [6.07, 6.45) is 3.53. The summed E-state index contributed by atoms with van der Waals surface area (Å²) in [6, 6.07) is 14.2. The van der Waals surface area contributed by atoms with Gasteiger partial charge in [-0.05, 0) is 37.6 Å². The number of piperidine rings is 1. The van der Waals surface area contributed by atoms with E-state index in [0.29, 0.717) is 12.6 Å². The molecule has 0 aliphatic carbocycles. The Balaban J connectivity index is 1.60. The lowest BCUT2D eigenvalue weighted by atomic mass is 10.0. The molecule has 0 spiro atoms. The number of aromatic nitrogens is 2. The van der Waals surface area contributed by atoms with Crippen molar-refractivity contribution in [3.8, 4) is 0 Å². The molecule has 0 bridgehead atoms. The van der Waals surface area contributed by atoms with Gasteiger partial charge in [-0.15, -0.1) is 5.10 Å². The van der Waals surface area contributed by atoms with Crippen molar-refractivity contribution in [1.82, 2.24) is 15.1 Å². The van der Waals surface area contributed by atoms with Crippen LogP contribution in [0, 0.1) is 0 Å². The Bertz CT molecular complexity index is 592. The Morgan fingerprint density at radius 2 is 2.09 bits per heavy atom. The van der Waals surface area contributed by atoms with Crippen LogP contribution in [0.3, 0.4) is 0 Å². The molecule has 5 heteroatoms. The molecule has 0 radical (unpaired) electrons. The first-order chi connectivity index (χ1) is 11.2. The van der Waals surface area contributed by atoms with Crippen LogP contribution < -0.4 is 4.90 Å². The third-order valence-corrected chi connectivity index (χ3v) is 4.55. The van der Waals surface area contributed by atoms with Gasteiger partial charge >= 0.3 is 0 Å². The van der Waals surface area contributed by atoms with E-state index in [1.54, 1.807) is 6.20 Å². The van der Waals surface area contributed by atoms with Gasteiger partial charge in [-0.1, -0.05) is 30.3 Å². The molecule has 1 saturated heterocycles. The molecule has 0 saturated carbocycles. The van der Waals surface area contributed by atoms with Crippen molar-refractivity contribution in [2.45, 2.75) is 25.0 Å². The minimum absolute atomic E-state index is 0.420. The first kappa shape index (κ1) is 15.9. The second-order valence-corrected chi connectivity index (χ2v) is 6.19. The SMILES string of the molecule is CN(C[C@H](O)c1ccccc1)[C@@H]1CCCN(c2cccnn2)C1. The maximum Gasteiger partial charge on any atom is 0.151 e. The molecule has 2 atom stereocenters. The predicted molar refractivity (Wildman–Crippen MR) is 91.3 cm³/mol. The van der Waals surface area contributed by atoms with Gasteiger partial charge in [0.15, 0.2) is 5.82 Å². The van der Waals surface area contributed by atoms with Crippen molar-refractivity contribution in [1.29, 1.82) is 0 Å². The van der Waals surface area contributed by atoms with Gasteiger partial charge in [0.25, 0.3) is 0 Å². The van der Waals surface area contributed by atoms with E-state index in [1.165, 1.54) is 0 Å². The van der Waals surface area contributed by atoms with E-state index < -0.39 is 6.10 Å². The number of rotatable bonds is 5. The topological polar surface area (TPSA) is 52.5 Å². The Labute approximate surface area is 137 Å². The summed E-state index contributed by atoms with van der Waals surface area (Å²) in [6.45, 7) is 2.59. The number of benzene rings is 1. The largest absolute Gasteiger partial charge is 0.387 e. The molecule has 1 fully saturated rings. The van der Waals surface area contributed by atoms with E-state index in [-0.39, 0.29) is 0 Å². The van der Waals surface area contributed by atoms with E-state index in [4.69, 9.17) is 0 Å². The lowest BCUT2D eigenvalue weighted by molar-refractivity contribution is 0.0986. The highest BCUT2D eigenvalue weighted by atomic mass is 16.3. The number of aliphatic hydroxyl groups is 1. The normalized spacial score (nSPS) is 19.8. The molecule has 5 nitrogen and oxygen atoms in total. The van der Waals surface area contributed by atoms with E-state index in [2.05, 4.69) is 27.0 Å². The number of aliphatic hydroxyl groups excluding tert-OH is 1. The summed E-state index contributed by atoms with van der Waals surface area (Å²) in [5.41, 5.74) is 0.973. The lowest BCUT2D eigenvalue weighted by Crippen LogP contribution is -2.47. The maximum absolute atomic E-state index is 10.4. The molecule has 0 amide bonds. The molecule has 1 aliphatic rings. The Hall–Kier alpha value is -1.98. The first-order valence-corrected chi connectivity index (χ1v) is 8.20. The Kier molecular flexibility index (Phi) is 5.20. The van der Waals surface area contributed by atoms with Crippen LogP contribution in [0.1, 0.15) is 24.5 Å². The summed E-state index contributed by atoms with van der Waals surface area (Å²) >= 11 is 0. The van der Waals surface area contributed by atoms with Crippen LogP contribution in [0.4, 0.5) is 5.82 Å². The molecule has 122 valence electrons. The summed E-state index contributed by atoms with van der Waals surface area (Å²) < 4.78 is 0. The van der Waals surface area contributed by atoms with Gasteiger partial charge in [0, 0.05) is 31.9 Å². The second kappa shape index (κ2) is 7.53. The Morgan fingerprint density at radius 3 is 2.83 bits per heavy atom. The molecule has 2 heterocycles. The zero-order valence-electron chi connectivity index (χ0n) is 13.5. The average Bonchev–Trinajstić information content (AvgIpc) is 2.63. The van der Waals surface area contributed by atoms with Gasteiger partial charge in [0.2, 0.25) is 0 Å². The predicted octanol–water partition coefficient (Wildman–Crippen LogP) is 2.11. The van der Waals surface area contributed by atoms with Crippen LogP contribution in [0.15, 0.2) is 48.7 Å². The van der Waals surface area contributed by atoms with Gasteiger partial charge in [0.1, 0.15) is 0 Å². The molecular formula is C18H24N4O. The average molecular weight is 312 g/mol. The molecule has 1 aromatic heterocycles. The third kappa shape index (κ3) is 4.06. The molecule has 1 aromatic carbocycles. The molecule has 1 aliphatic heterocycles. The second-order valence-electron chi connectivity index (χ2n) is 6.19. The van der Waals surface area contributed by atoms with Crippen molar-refractivity contribution in [3.05, 3.63) is 54.2 Å². The quantitative estimate of drug-likeness (QED) is 0.916. The van der Waals surface area contributed by atoms with Crippen LogP contribution in [0.2, 0.25) is 0 Å². The highest BCUT2D eigenvalue weighted by Crippen LogP contribution is 2.21. The van der Waals surface area contributed by atoms with Crippen LogP contribution in [-0.4, -0.2) is 52.9 Å². The van der Waals surface area contributed by atoms with Crippen molar-refractivity contribution < 1.29 is 5.11 Å². The highest BCUT2D eigenvalue weighted by Gasteiger charge is 2.25. The zero-order chi connectivity index (χ0) is 16.1. The van der Waals surface area contributed by atoms with E-state index in [1.807, 2.05) is 42.5 Å². The van der Waals surface area contributed by atoms with Crippen LogP contribution in [0.5, 0.6) is 0 Å². The van der Waals surface area contributed by atoms with Gasteiger partial charge in [0.05, 0.1) is 6.10 Å². The van der Waals surface area contributed by atoms with Gasteiger partial charge in [-0.25, -0.2) is 0 Å². The van der Waals surface area contributed by atoms with Gasteiger partial charge in [-0.2, -0.15) is 5.10 Å². The zero-order valence-corrected chi connectivity index (χ0v) is 13.5. The summed E-state index contributed by atoms with van der Waals surface area (Å²) in [5.74, 6) is 0.939. The van der Waals surface area contributed by atoms with Crippen molar-refractivity contribution in [2.24, 2.45) is 0 Å². The summed E-state index contributed by atoms with van der Waals surface area (Å²) in [7, 11) is 2.09. The van der Waals surface area contributed by atoms with E-state index in [9.17, 15) is 5.11 Å². The standard InChI is InChI=1S/C18H24N4O/c1-21(14-17(23)15-7-3-2-4-8-15)16-9-6-12-22(13-16)18-10-5-11-19-20-18/h2-5,7-8,10-11,16-17,23H,6,9,12-14H2,1H3/t16-,17+/m1/s1. The number of hydrogen-bond acceptors (Lipinski definition) is 5. The van der Waals surface area contributed by atoms with E-state index >= 15 is 0 Å². The van der Waals surface area contributed by atoms with Crippen molar-refractivity contribution >= 4 is 5.82 Å². The van der Waals surface area contributed by atoms with Gasteiger partial charge in [-0.3, -0.25) is 4.90 Å². The molecule has 3 rings (SSSR count). The highest BCUT2D eigenvalue weighted by molar-refractivity contribution is 5.37. The fourth-order valence-electron chi connectivity index (χ4n) is 3.19. The minimum Gasteiger partial charge on any atom is -0.387 e. The minimum atomic E-state index is -0.451. The summed E-state index contributed by atoms with van der Waals surface area (Å²) in [4.78, 5) is 4.55.